The van der Waals surface area contributed by atoms with Crippen molar-refractivity contribution in [3.05, 3.63) is 48.2 Å². The number of hydrogen-bond donors (Lipinski definition) is 0. The normalized spacial score (nSPS) is 11.4. The number of aromatic nitrogens is 1. The van der Waals surface area contributed by atoms with Gasteiger partial charge in [-0.2, -0.15) is 8.78 Å². The van der Waals surface area contributed by atoms with Crippen LogP contribution in [0.25, 0.3) is 11.3 Å². The van der Waals surface area contributed by atoms with Crippen molar-refractivity contribution in [3.8, 4) is 17.0 Å². The van der Waals surface area contributed by atoms with Gasteiger partial charge in [0.2, 0.25) is 0 Å². The Hall–Kier alpha value is -1.49. The molecule has 19 heavy (non-hydrogen) atoms. The molecule has 0 amide bonds. The van der Waals surface area contributed by atoms with E-state index in [1.54, 1.807) is 6.07 Å². The van der Waals surface area contributed by atoms with Crippen molar-refractivity contribution in [2.75, 3.05) is 0 Å². The number of halogens is 3. The first-order valence-electron chi connectivity index (χ1n) is 5.66. The Morgan fingerprint density at radius 3 is 2.32 bits per heavy atom. The van der Waals surface area contributed by atoms with E-state index in [0.717, 1.165) is 16.5 Å². The number of benzene rings is 1. The van der Waals surface area contributed by atoms with Gasteiger partial charge in [-0.15, -0.1) is 0 Å². The van der Waals surface area contributed by atoms with Crippen LogP contribution in [0.15, 0.2) is 42.6 Å². The van der Waals surface area contributed by atoms with Crippen LogP contribution in [-0.4, -0.2) is 11.1 Å². The number of hydrogen-bond acceptors (Lipinski definition) is 2. The van der Waals surface area contributed by atoms with Crippen LogP contribution in [0.4, 0.5) is 8.78 Å². The molecule has 2 aromatic rings. The van der Waals surface area contributed by atoms with Crippen molar-refractivity contribution >= 4 is 15.9 Å². The summed E-state index contributed by atoms with van der Waals surface area (Å²) in [6, 6.07) is 11.0. The Labute approximate surface area is 118 Å². The highest BCUT2D eigenvalue weighted by Gasteiger charge is 2.23. The second kappa shape index (κ2) is 5.65. The monoisotopic (exact) mass is 327 g/mol. The molecule has 0 radical (unpaired) electrons. The summed E-state index contributed by atoms with van der Waals surface area (Å²) < 4.78 is 29.7. The van der Waals surface area contributed by atoms with Crippen LogP contribution in [0.5, 0.6) is 5.75 Å². The molecular formula is C14H12BrF2NO. The van der Waals surface area contributed by atoms with Gasteiger partial charge in [-0.25, -0.2) is 0 Å². The van der Waals surface area contributed by atoms with Crippen molar-refractivity contribution in [2.45, 2.75) is 18.4 Å². The molecule has 0 fully saturated rings. The lowest BCUT2D eigenvalue weighted by atomic mass is 10.1. The third kappa shape index (κ3) is 3.99. The van der Waals surface area contributed by atoms with Gasteiger partial charge < -0.3 is 4.74 Å². The summed E-state index contributed by atoms with van der Waals surface area (Å²) in [6.45, 7) is 0.694. The summed E-state index contributed by atoms with van der Waals surface area (Å²) in [5.74, 6) is 0.0494. The van der Waals surface area contributed by atoms with Gasteiger partial charge in [-0.1, -0.05) is 40.2 Å². The number of pyridine rings is 1. The molecular weight excluding hydrogens is 316 g/mol. The van der Waals surface area contributed by atoms with Crippen molar-refractivity contribution in [1.29, 1.82) is 0 Å². The maximum atomic E-state index is 12.7. The van der Waals surface area contributed by atoms with Gasteiger partial charge in [0.25, 0.3) is 0 Å². The lowest BCUT2D eigenvalue weighted by Crippen LogP contribution is -2.19. The first-order chi connectivity index (χ1) is 8.98. The molecule has 0 N–H and O–H groups in total. The molecule has 0 bridgehead atoms. The highest BCUT2D eigenvalue weighted by molar-refractivity contribution is 9.08. The molecule has 0 aliphatic heterocycles. The van der Waals surface area contributed by atoms with Gasteiger partial charge in [-0.3, -0.25) is 4.98 Å². The van der Waals surface area contributed by atoms with E-state index in [9.17, 15) is 8.78 Å². The van der Waals surface area contributed by atoms with Crippen LogP contribution in [0, 0.1) is 0 Å². The van der Waals surface area contributed by atoms with Gasteiger partial charge >= 0.3 is 6.11 Å². The van der Waals surface area contributed by atoms with Crippen molar-refractivity contribution < 1.29 is 13.5 Å². The summed E-state index contributed by atoms with van der Waals surface area (Å²) in [6.07, 6.45) is -1.90. The van der Waals surface area contributed by atoms with E-state index in [4.69, 9.17) is 0 Å². The summed E-state index contributed by atoms with van der Waals surface area (Å²) in [5.41, 5.74) is 2.81. The Morgan fingerprint density at radius 1 is 1.16 bits per heavy atom. The quantitative estimate of drug-likeness (QED) is 0.763. The van der Waals surface area contributed by atoms with E-state index in [1.807, 2.05) is 24.3 Å². The van der Waals surface area contributed by atoms with Crippen LogP contribution in [-0.2, 0) is 5.33 Å². The highest BCUT2D eigenvalue weighted by Crippen LogP contribution is 2.23. The number of rotatable bonds is 4. The van der Waals surface area contributed by atoms with Gasteiger partial charge in [-0.05, 0) is 17.7 Å². The minimum atomic E-state index is -3.19. The average molecular weight is 328 g/mol. The molecule has 1 aromatic heterocycles. The first-order valence-corrected chi connectivity index (χ1v) is 6.78. The largest absolute Gasteiger partial charge is 0.431 e. The van der Waals surface area contributed by atoms with Gasteiger partial charge in [0.15, 0.2) is 0 Å². The van der Waals surface area contributed by atoms with E-state index in [-0.39, 0.29) is 5.75 Å². The average Bonchev–Trinajstić information content (AvgIpc) is 2.38. The molecule has 0 atom stereocenters. The molecule has 0 saturated carbocycles. The zero-order chi connectivity index (χ0) is 13.9. The predicted octanol–water partition coefficient (Wildman–Crippen LogP) is 4.64. The van der Waals surface area contributed by atoms with E-state index in [1.165, 1.54) is 12.3 Å². The Morgan fingerprint density at radius 2 is 1.84 bits per heavy atom. The van der Waals surface area contributed by atoms with Gasteiger partial charge in [0, 0.05) is 17.8 Å². The SMILES string of the molecule is CC(F)(F)Oc1ccc(-c2ccc(CBr)cc2)nc1. The fraction of sp³-hybridized carbons (Fsp3) is 0.214. The second-order valence-corrected chi connectivity index (χ2v) is 4.68. The Balaban J connectivity index is 2.17. The molecule has 0 aliphatic carbocycles. The predicted molar refractivity (Wildman–Crippen MR) is 73.6 cm³/mol. The molecule has 0 unspecified atom stereocenters. The topological polar surface area (TPSA) is 22.1 Å². The maximum Gasteiger partial charge on any atom is 0.394 e. The summed E-state index contributed by atoms with van der Waals surface area (Å²) in [7, 11) is 0. The zero-order valence-corrected chi connectivity index (χ0v) is 11.8. The molecule has 0 spiro atoms. The van der Waals surface area contributed by atoms with Gasteiger partial charge in [0.1, 0.15) is 5.75 Å². The fourth-order valence-corrected chi connectivity index (χ4v) is 1.96. The van der Waals surface area contributed by atoms with Gasteiger partial charge in [0.05, 0.1) is 11.9 Å². The molecule has 2 nitrogen and oxygen atoms in total. The van der Waals surface area contributed by atoms with Crippen molar-refractivity contribution in [1.82, 2.24) is 4.98 Å². The van der Waals surface area contributed by atoms with Crippen LogP contribution in [0.3, 0.4) is 0 Å². The summed E-state index contributed by atoms with van der Waals surface area (Å²) in [5, 5.41) is 0.791. The lowest BCUT2D eigenvalue weighted by Gasteiger charge is -2.12. The van der Waals surface area contributed by atoms with E-state index in [2.05, 4.69) is 25.7 Å². The maximum absolute atomic E-state index is 12.7. The molecule has 5 heteroatoms. The number of nitrogens with zero attached hydrogens (tertiary/aromatic N) is 1. The summed E-state index contributed by atoms with van der Waals surface area (Å²) >= 11 is 3.37. The first kappa shape index (κ1) is 13.9. The third-order valence-corrected chi connectivity index (χ3v) is 3.08. The smallest absolute Gasteiger partial charge is 0.394 e. The Bertz CT molecular complexity index is 535. The zero-order valence-electron chi connectivity index (χ0n) is 10.2. The van der Waals surface area contributed by atoms with Crippen molar-refractivity contribution in [2.24, 2.45) is 0 Å². The molecule has 0 saturated heterocycles. The van der Waals surface area contributed by atoms with Crippen LogP contribution >= 0.6 is 15.9 Å². The molecule has 0 aliphatic rings. The molecule has 2 rings (SSSR count). The van der Waals surface area contributed by atoms with E-state index in [0.29, 0.717) is 12.6 Å². The third-order valence-electron chi connectivity index (χ3n) is 2.44. The van der Waals surface area contributed by atoms with Crippen LogP contribution < -0.4 is 4.74 Å². The fourth-order valence-electron chi connectivity index (χ4n) is 1.58. The molecule has 1 heterocycles. The minimum Gasteiger partial charge on any atom is -0.431 e. The second-order valence-electron chi connectivity index (χ2n) is 4.12. The summed E-state index contributed by atoms with van der Waals surface area (Å²) in [4.78, 5) is 4.12. The molecule has 1 aromatic carbocycles. The number of ether oxygens (including phenoxy) is 1. The lowest BCUT2D eigenvalue weighted by molar-refractivity contribution is -0.159. The minimum absolute atomic E-state index is 0.0494. The van der Waals surface area contributed by atoms with E-state index >= 15 is 0 Å². The number of alkyl halides is 3. The van der Waals surface area contributed by atoms with Crippen LogP contribution in [0.1, 0.15) is 12.5 Å². The standard InChI is InChI=1S/C14H12BrF2NO/c1-14(16,17)19-12-6-7-13(18-9-12)11-4-2-10(8-15)3-5-11/h2-7,9H,8H2,1H3. The molecule has 100 valence electrons. The Kier molecular flexibility index (Phi) is 4.14. The van der Waals surface area contributed by atoms with Crippen LogP contribution in [0.2, 0.25) is 0 Å². The highest BCUT2D eigenvalue weighted by atomic mass is 79.9. The van der Waals surface area contributed by atoms with Crippen molar-refractivity contribution in [3.63, 3.8) is 0 Å². The van der Waals surface area contributed by atoms with E-state index < -0.39 is 6.11 Å².